The van der Waals surface area contributed by atoms with E-state index < -0.39 is 0 Å². The number of carbonyl (C=O) groups is 1. The molecule has 0 saturated heterocycles. The van der Waals surface area contributed by atoms with Crippen LogP contribution in [0.15, 0.2) is 54.6 Å². The van der Waals surface area contributed by atoms with Crippen molar-refractivity contribution in [3.63, 3.8) is 0 Å². The predicted molar refractivity (Wildman–Crippen MR) is 85.5 cm³/mol. The zero-order valence-electron chi connectivity index (χ0n) is 12.5. The average molecular weight is 283 g/mol. The van der Waals surface area contributed by atoms with Gasteiger partial charge in [-0.2, -0.15) is 0 Å². The maximum absolute atomic E-state index is 12.0. The Morgan fingerprint density at radius 2 is 1.76 bits per heavy atom. The second kappa shape index (κ2) is 7.48. The first-order chi connectivity index (χ1) is 10.2. The molecule has 0 bridgehead atoms. The molecule has 0 aliphatic carbocycles. The van der Waals surface area contributed by atoms with Gasteiger partial charge in [-0.05, 0) is 29.7 Å². The van der Waals surface area contributed by atoms with Gasteiger partial charge >= 0.3 is 5.97 Å². The van der Waals surface area contributed by atoms with Crippen molar-refractivity contribution in [2.24, 2.45) is 0 Å². The highest BCUT2D eigenvalue weighted by atomic mass is 16.5. The number of rotatable bonds is 6. The summed E-state index contributed by atoms with van der Waals surface area (Å²) in [6.07, 6.45) is 1.02. The third kappa shape index (κ3) is 4.09. The lowest BCUT2D eigenvalue weighted by atomic mass is 9.99. The molecule has 0 fully saturated rings. The zero-order valence-corrected chi connectivity index (χ0v) is 12.5. The minimum Gasteiger partial charge on any atom is -0.468 e. The van der Waals surface area contributed by atoms with Gasteiger partial charge in [0.15, 0.2) is 0 Å². The predicted octanol–water partition coefficient (Wildman–Crippen LogP) is 3.62. The SMILES string of the molecule is CCc1ccc(NCC(C(=O)OC)c2ccccc2)cc1. The van der Waals surface area contributed by atoms with Crippen LogP contribution in [-0.4, -0.2) is 19.6 Å². The molecule has 2 rings (SSSR count). The van der Waals surface area contributed by atoms with E-state index in [1.807, 2.05) is 42.5 Å². The van der Waals surface area contributed by atoms with Crippen LogP contribution in [0.5, 0.6) is 0 Å². The number of aryl methyl sites for hydroxylation is 1. The molecule has 0 aliphatic heterocycles. The summed E-state index contributed by atoms with van der Waals surface area (Å²) in [5.74, 6) is -0.527. The number of benzene rings is 2. The number of ether oxygens (including phenoxy) is 1. The standard InChI is InChI=1S/C18H21NO2/c1-3-14-9-11-16(12-10-14)19-13-17(18(20)21-2)15-7-5-4-6-8-15/h4-12,17,19H,3,13H2,1-2H3. The van der Waals surface area contributed by atoms with Crippen LogP contribution >= 0.6 is 0 Å². The fraction of sp³-hybridized carbons (Fsp3) is 0.278. The first-order valence-corrected chi connectivity index (χ1v) is 7.20. The number of hydrogen-bond acceptors (Lipinski definition) is 3. The van der Waals surface area contributed by atoms with Crippen molar-refractivity contribution < 1.29 is 9.53 Å². The molecule has 0 aliphatic rings. The lowest BCUT2D eigenvalue weighted by Gasteiger charge is -2.16. The van der Waals surface area contributed by atoms with Crippen LogP contribution in [0.25, 0.3) is 0 Å². The molecule has 0 radical (unpaired) electrons. The summed E-state index contributed by atoms with van der Waals surface area (Å²) < 4.78 is 4.91. The molecular weight excluding hydrogens is 262 g/mol. The molecule has 0 aromatic heterocycles. The van der Waals surface area contributed by atoms with Crippen molar-refractivity contribution in [3.05, 3.63) is 65.7 Å². The van der Waals surface area contributed by atoms with Gasteiger partial charge in [0.2, 0.25) is 0 Å². The Morgan fingerprint density at radius 1 is 1.10 bits per heavy atom. The van der Waals surface area contributed by atoms with Crippen LogP contribution in [-0.2, 0) is 16.0 Å². The molecule has 3 heteroatoms. The lowest BCUT2D eigenvalue weighted by molar-refractivity contribution is -0.142. The van der Waals surface area contributed by atoms with Crippen LogP contribution in [0.2, 0.25) is 0 Å². The van der Waals surface area contributed by atoms with E-state index in [9.17, 15) is 4.79 Å². The second-order valence-corrected chi connectivity index (χ2v) is 4.92. The van der Waals surface area contributed by atoms with Gasteiger partial charge in [-0.15, -0.1) is 0 Å². The second-order valence-electron chi connectivity index (χ2n) is 4.92. The quantitative estimate of drug-likeness (QED) is 0.823. The van der Waals surface area contributed by atoms with E-state index in [1.165, 1.54) is 12.7 Å². The van der Waals surface area contributed by atoms with Crippen LogP contribution in [0.4, 0.5) is 5.69 Å². The van der Waals surface area contributed by atoms with E-state index >= 15 is 0 Å². The van der Waals surface area contributed by atoms with Gasteiger partial charge in [0.1, 0.15) is 0 Å². The molecule has 0 heterocycles. The Balaban J connectivity index is 2.07. The van der Waals surface area contributed by atoms with Gasteiger partial charge in [0.25, 0.3) is 0 Å². The fourth-order valence-corrected chi connectivity index (χ4v) is 2.24. The summed E-state index contributed by atoms with van der Waals surface area (Å²) in [7, 11) is 1.42. The topological polar surface area (TPSA) is 38.3 Å². The molecule has 110 valence electrons. The smallest absolute Gasteiger partial charge is 0.314 e. The Kier molecular flexibility index (Phi) is 5.38. The Bertz CT molecular complexity index is 564. The lowest BCUT2D eigenvalue weighted by Crippen LogP contribution is -2.22. The van der Waals surface area contributed by atoms with Crippen molar-refractivity contribution in [1.29, 1.82) is 0 Å². The summed E-state index contributed by atoms with van der Waals surface area (Å²) in [6, 6.07) is 18.0. The minimum atomic E-state index is -0.304. The third-order valence-electron chi connectivity index (χ3n) is 3.56. The van der Waals surface area contributed by atoms with Crippen molar-refractivity contribution >= 4 is 11.7 Å². The Hall–Kier alpha value is -2.29. The largest absolute Gasteiger partial charge is 0.468 e. The summed E-state index contributed by atoms with van der Waals surface area (Å²) in [6.45, 7) is 2.65. The highest BCUT2D eigenvalue weighted by molar-refractivity contribution is 5.78. The van der Waals surface area contributed by atoms with Crippen molar-refractivity contribution in [3.8, 4) is 0 Å². The van der Waals surface area contributed by atoms with Gasteiger partial charge in [-0.3, -0.25) is 4.79 Å². The van der Waals surface area contributed by atoms with Gasteiger partial charge in [0, 0.05) is 12.2 Å². The van der Waals surface area contributed by atoms with Gasteiger partial charge in [0.05, 0.1) is 13.0 Å². The number of methoxy groups -OCH3 is 1. The van der Waals surface area contributed by atoms with Gasteiger partial charge < -0.3 is 10.1 Å². The summed E-state index contributed by atoms with van der Waals surface area (Å²) >= 11 is 0. The first kappa shape index (κ1) is 15.1. The molecule has 1 unspecified atom stereocenters. The van der Waals surface area contributed by atoms with E-state index in [0.29, 0.717) is 6.54 Å². The van der Waals surface area contributed by atoms with Crippen molar-refractivity contribution in [2.75, 3.05) is 19.0 Å². The van der Waals surface area contributed by atoms with Crippen LogP contribution in [0.1, 0.15) is 24.0 Å². The van der Waals surface area contributed by atoms with Crippen LogP contribution in [0, 0.1) is 0 Å². The molecule has 0 amide bonds. The number of nitrogens with one attached hydrogen (secondary N) is 1. The van der Waals surface area contributed by atoms with Gasteiger partial charge in [-0.25, -0.2) is 0 Å². The number of carbonyl (C=O) groups excluding carboxylic acids is 1. The highest BCUT2D eigenvalue weighted by Crippen LogP contribution is 2.19. The number of hydrogen-bond donors (Lipinski definition) is 1. The first-order valence-electron chi connectivity index (χ1n) is 7.20. The molecule has 0 saturated carbocycles. The highest BCUT2D eigenvalue weighted by Gasteiger charge is 2.20. The summed E-state index contributed by atoms with van der Waals surface area (Å²) in [4.78, 5) is 12.0. The average Bonchev–Trinajstić information content (AvgIpc) is 2.56. The molecular formula is C18H21NO2. The molecule has 2 aromatic carbocycles. The van der Waals surface area contributed by atoms with Crippen LogP contribution in [0.3, 0.4) is 0 Å². The summed E-state index contributed by atoms with van der Waals surface area (Å²) in [5, 5.41) is 3.31. The van der Waals surface area contributed by atoms with Gasteiger partial charge in [-0.1, -0.05) is 49.4 Å². The molecule has 1 N–H and O–H groups in total. The molecule has 2 aromatic rings. The maximum Gasteiger partial charge on any atom is 0.314 e. The Morgan fingerprint density at radius 3 is 2.33 bits per heavy atom. The fourth-order valence-electron chi connectivity index (χ4n) is 2.24. The van der Waals surface area contributed by atoms with E-state index in [0.717, 1.165) is 17.7 Å². The van der Waals surface area contributed by atoms with Crippen molar-refractivity contribution in [2.45, 2.75) is 19.3 Å². The van der Waals surface area contributed by atoms with E-state index in [-0.39, 0.29) is 11.9 Å². The molecule has 0 spiro atoms. The normalized spacial score (nSPS) is 11.7. The van der Waals surface area contributed by atoms with Crippen molar-refractivity contribution in [1.82, 2.24) is 0 Å². The zero-order chi connectivity index (χ0) is 15.1. The molecule has 1 atom stereocenters. The summed E-state index contributed by atoms with van der Waals surface area (Å²) in [5.41, 5.74) is 3.27. The number of esters is 1. The van der Waals surface area contributed by atoms with E-state index in [1.54, 1.807) is 0 Å². The van der Waals surface area contributed by atoms with E-state index in [4.69, 9.17) is 4.74 Å². The van der Waals surface area contributed by atoms with Crippen LogP contribution < -0.4 is 5.32 Å². The minimum absolute atomic E-state index is 0.223. The third-order valence-corrected chi connectivity index (χ3v) is 3.56. The maximum atomic E-state index is 12.0. The molecule has 3 nitrogen and oxygen atoms in total. The molecule has 21 heavy (non-hydrogen) atoms. The number of anilines is 1. The van der Waals surface area contributed by atoms with E-state index in [2.05, 4.69) is 24.4 Å². The Labute approximate surface area is 126 Å². The monoisotopic (exact) mass is 283 g/mol.